The van der Waals surface area contributed by atoms with Crippen LogP contribution in [0.4, 0.5) is 0 Å². The van der Waals surface area contributed by atoms with Crippen molar-refractivity contribution in [2.24, 2.45) is 5.73 Å². The van der Waals surface area contributed by atoms with Crippen molar-refractivity contribution in [1.29, 1.82) is 0 Å². The predicted octanol–water partition coefficient (Wildman–Crippen LogP) is 1.91. The Kier molecular flexibility index (Phi) is 3.75. The lowest BCUT2D eigenvalue weighted by atomic mass is 10.1. The first-order valence-corrected chi connectivity index (χ1v) is 4.63. The minimum Gasteiger partial charge on any atom is -0.389 e. The third kappa shape index (κ3) is 3.06. The fraction of sp³-hybridized carbons (Fsp3) is 0.100. The van der Waals surface area contributed by atoms with Gasteiger partial charge < -0.3 is 5.73 Å². The van der Waals surface area contributed by atoms with Crippen molar-refractivity contribution in [2.75, 3.05) is 5.88 Å². The van der Waals surface area contributed by atoms with Crippen molar-refractivity contribution in [3.63, 3.8) is 0 Å². The Bertz CT molecular complexity index is 359. The minimum atomic E-state index is 0.344. The predicted molar refractivity (Wildman–Crippen MR) is 59.9 cm³/mol. The van der Waals surface area contributed by atoms with Crippen molar-refractivity contribution in [1.82, 2.24) is 0 Å². The molecule has 1 rings (SSSR count). The van der Waals surface area contributed by atoms with Gasteiger partial charge in [0.1, 0.15) is 4.99 Å². The lowest BCUT2D eigenvalue weighted by Crippen LogP contribution is -2.08. The Balaban J connectivity index is 2.87. The van der Waals surface area contributed by atoms with Crippen LogP contribution in [0.3, 0.4) is 0 Å². The summed E-state index contributed by atoms with van der Waals surface area (Å²) >= 11 is 10.2. The van der Waals surface area contributed by atoms with Gasteiger partial charge in [0.05, 0.1) is 5.88 Å². The van der Waals surface area contributed by atoms with Gasteiger partial charge in [-0.3, -0.25) is 0 Å². The van der Waals surface area contributed by atoms with E-state index in [1.54, 1.807) is 0 Å². The highest BCUT2D eigenvalue weighted by Gasteiger charge is 1.93. The van der Waals surface area contributed by atoms with Crippen LogP contribution in [-0.4, -0.2) is 10.9 Å². The maximum Gasteiger partial charge on any atom is 0.103 e. The molecule has 0 saturated heterocycles. The summed E-state index contributed by atoms with van der Waals surface area (Å²) < 4.78 is 0. The second kappa shape index (κ2) is 4.86. The SMILES string of the molecule is NC(=S)c1ccc(C#CCCl)cc1. The molecule has 0 atom stereocenters. The maximum atomic E-state index is 5.44. The maximum absolute atomic E-state index is 5.44. The zero-order valence-electron chi connectivity index (χ0n) is 6.88. The summed E-state index contributed by atoms with van der Waals surface area (Å²) in [6.45, 7) is 0. The Labute approximate surface area is 87.9 Å². The van der Waals surface area contributed by atoms with Crippen LogP contribution in [0.5, 0.6) is 0 Å². The number of halogens is 1. The van der Waals surface area contributed by atoms with Crippen molar-refractivity contribution in [3.8, 4) is 11.8 Å². The molecule has 0 aliphatic rings. The number of hydrogen-bond acceptors (Lipinski definition) is 1. The summed E-state index contributed by atoms with van der Waals surface area (Å²) in [6, 6.07) is 7.43. The number of alkyl halides is 1. The van der Waals surface area contributed by atoms with Crippen molar-refractivity contribution in [2.45, 2.75) is 0 Å². The Morgan fingerprint density at radius 2 is 2.00 bits per heavy atom. The topological polar surface area (TPSA) is 26.0 Å². The number of nitrogens with two attached hydrogens (primary N) is 1. The van der Waals surface area contributed by atoms with Crippen LogP contribution in [-0.2, 0) is 0 Å². The van der Waals surface area contributed by atoms with Crippen LogP contribution in [0, 0.1) is 11.8 Å². The first-order valence-electron chi connectivity index (χ1n) is 3.68. The largest absolute Gasteiger partial charge is 0.389 e. The average Bonchev–Trinajstić information content (AvgIpc) is 2.15. The molecule has 1 aromatic carbocycles. The van der Waals surface area contributed by atoms with Gasteiger partial charge in [0, 0.05) is 11.1 Å². The molecular formula is C10H8ClNS. The van der Waals surface area contributed by atoms with Gasteiger partial charge in [-0.15, -0.1) is 11.6 Å². The van der Waals surface area contributed by atoms with Crippen molar-refractivity contribution in [3.05, 3.63) is 35.4 Å². The van der Waals surface area contributed by atoms with Gasteiger partial charge in [-0.1, -0.05) is 36.2 Å². The molecule has 0 heterocycles. The van der Waals surface area contributed by atoms with Crippen LogP contribution < -0.4 is 5.73 Å². The monoisotopic (exact) mass is 209 g/mol. The number of thiocarbonyl (C=S) groups is 1. The molecule has 0 aliphatic heterocycles. The van der Waals surface area contributed by atoms with Crippen LogP contribution in [0.1, 0.15) is 11.1 Å². The van der Waals surface area contributed by atoms with E-state index < -0.39 is 0 Å². The van der Waals surface area contributed by atoms with E-state index in [2.05, 4.69) is 11.8 Å². The van der Waals surface area contributed by atoms with E-state index in [9.17, 15) is 0 Å². The molecule has 1 nitrogen and oxygen atoms in total. The molecule has 13 heavy (non-hydrogen) atoms. The first-order chi connectivity index (χ1) is 6.24. The smallest absolute Gasteiger partial charge is 0.103 e. The summed E-state index contributed by atoms with van der Waals surface area (Å²) in [7, 11) is 0. The van der Waals surface area contributed by atoms with Gasteiger partial charge in [0.2, 0.25) is 0 Å². The molecule has 3 heteroatoms. The molecule has 66 valence electrons. The number of hydrogen-bond donors (Lipinski definition) is 1. The van der Waals surface area contributed by atoms with E-state index in [0.29, 0.717) is 10.9 Å². The molecule has 0 aromatic heterocycles. The molecule has 0 bridgehead atoms. The first kappa shape index (κ1) is 10.0. The van der Waals surface area contributed by atoms with Gasteiger partial charge in [-0.05, 0) is 12.1 Å². The average molecular weight is 210 g/mol. The summed E-state index contributed by atoms with van der Waals surface area (Å²) in [4.78, 5) is 0.400. The van der Waals surface area contributed by atoms with Crippen LogP contribution in [0.2, 0.25) is 0 Å². The van der Waals surface area contributed by atoms with Crippen LogP contribution in [0.15, 0.2) is 24.3 Å². The van der Waals surface area contributed by atoms with Gasteiger partial charge in [-0.2, -0.15) is 0 Å². The highest BCUT2D eigenvalue weighted by atomic mass is 35.5. The second-order valence-electron chi connectivity index (χ2n) is 2.38. The fourth-order valence-corrected chi connectivity index (χ4v) is 1.06. The summed E-state index contributed by atoms with van der Waals surface area (Å²) in [5.74, 6) is 6.00. The second-order valence-corrected chi connectivity index (χ2v) is 3.08. The molecule has 0 saturated carbocycles. The Hall–Kier alpha value is -1.04. The lowest BCUT2D eigenvalue weighted by molar-refractivity contribution is 1.59. The molecule has 0 spiro atoms. The van der Waals surface area contributed by atoms with Crippen molar-refractivity contribution < 1.29 is 0 Å². The summed E-state index contributed by atoms with van der Waals surface area (Å²) in [6.07, 6.45) is 0. The molecule has 0 unspecified atom stereocenters. The Morgan fingerprint density at radius 1 is 1.38 bits per heavy atom. The van der Waals surface area contributed by atoms with E-state index in [1.807, 2.05) is 24.3 Å². The van der Waals surface area contributed by atoms with Gasteiger partial charge in [-0.25, -0.2) is 0 Å². The molecule has 0 radical (unpaired) electrons. The van der Waals surface area contributed by atoms with Gasteiger partial charge >= 0.3 is 0 Å². The summed E-state index contributed by atoms with van der Waals surface area (Å²) in [5.41, 5.74) is 7.21. The zero-order valence-corrected chi connectivity index (χ0v) is 8.45. The minimum absolute atomic E-state index is 0.344. The van der Waals surface area contributed by atoms with Gasteiger partial charge in [0.25, 0.3) is 0 Å². The van der Waals surface area contributed by atoms with Crippen LogP contribution in [0.25, 0.3) is 0 Å². The normalized spacial score (nSPS) is 8.69. The molecule has 0 aliphatic carbocycles. The van der Waals surface area contributed by atoms with E-state index in [4.69, 9.17) is 29.6 Å². The Morgan fingerprint density at radius 3 is 2.46 bits per heavy atom. The van der Waals surface area contributed by atoms with Crippen LogP contribution >= 0.6 is 23.8 Å². The van der Waals surface area contributed by atoms with E-state index in [1.165, 1.54) is 0 Å². The molecule has 2 N–H and O–H groups in total. The third-order valence-corrected chi connectivity index (χ3v) is 1.84. The van der Waals surface area contributed by atoms with E-state index in [-0.39, 0.29) is 0 Å². The molecule has 0 fully saturated rings. The van der Waals surface area contributed by atoms with Gasteiger partial charge in [0.15, 0.2) is 0 Å². The fourth-order valence-electron chi connectivity index (χ4n) is 0.853. The molecule has 1 aromatic rings. The van der Waals surface area contributed by atoms with E-state index >= 15 is 0 Å². The quantitative estimate of drug-likeness (QED) is 0.435. The third-order valence-electron chi connectivity index (χ3n) is 1.47. The zero-order chi connectivity index (χ0) is 9.68. The highest BCUT2D eigenvalue weighted by Crippen LogP contribution is 2.02. The molecular weight excluding hydrogens is 202 g/mol. The standard InChI is InChI=1S/C10H8ClNS/c11-7-1-2-8-3-5-9(6-4-8)10(12)13/h3-6H,7H2,(H2,12,13). The molecule has 0 amide bonds. The van der Waals surface area contributed by atoms with Crippen molar-refractivity contribution >= 4 is 28.8 Å². The lowest BCUT2D eigenvalue weighted by Gasteiger charge is -1.96. The number of rotatable bonds is 1. The highest BCUT2D eigenvalue weighted by molar-refractivity contribution is 7.80. The number of benzene rings is 1. The summed E-state index contributed by atoms with van der Waals surface area (Å²) in [5, 5.41) is 0. The van der Waals surface area contributed by atoms with E-state index in [0.717, 1.165) is 11.1 Å².